The van der Waals surface area contributed by atoms with Crippen molar-refractivity contribution in [2.24, 2.45) is 0 Å². The topological polar surface area (TPSA) is 46.5 Å². The molecule has 0 radical (unpaired) electrons. The number of hydrogen-bond acceptors (Lipinski definition) is 3. The molecule has 0 aromatic heterocycles. The second-order valence-electron chi connectivity index (χ2n) is 3.19. The molecule has 1 N–H and O–H groups in total. The summed E-state index contributed by atoms with van der Waals surface area (Å²) < 4.78 is 40.1. The molecule has 0 fully saturated rings. The van der Waals surface area contributed by atoms with Gasteiger partial charge in [-0.15, -0.1) is 13.2 Å². The quantitative estimate of drug-likeness (QED) is 0.831. The molecule has 0 spiro atoms. The first-order valence-electron chi connectivity index (χ1n) is 4.74. The van der Waals surface area contributed by atoms with E-state index in [0.29, 0.717) is 11.3 Å². The van der Waals surface area contributed by atoms with Gasteiger partial charge in [-0.2, -0.15) is 12.6 Å². The van der Waals surface area contributed by atoms with Crippen LogP contribution in [0.15, 0.2) is 24.3 Å². The molecule has 0 amide bonds. The molecule has 0 aliphatic heterocycles. The van der Waals surface area contributed by atoms with E-state index >= 15 is 0 Å². The summed E-state index contributed by atoms with van der Waals surface area (Å²) in [5.74, 6) is -1.81. The summed E-state index contributed by atoms with van der Waals surface area (Å²) in [4.78, 5) is 10.8. The molecule has 0 bridgehead atoms. The predicted octanol–water partition coefficient (Wildman–Crippen LogP) is 3.23. The molecule has 0 aliphatic carbocycles. The number of alkyl halides is 3. The van der Waals surface area contributed by atoms with Gasteiger partial charge in [0.1, 0.15) is 11.3 Å². The molecular weight excluding hydrogens is 269 g/mol. The molecule has 0 heterocycles. The van der Waals surface area contributed by atoms with E-state index in [-0.39, 0.29) is 0 Å². The summed E-state index contributed by atoms with van der Waals surface area (Å²) in [5, 5.41) is 8.75. The fourth-order valence-electron chi connectivity index (χ4n) is 1.22. The van der Waals surface area contributed by atoms with E-state index in [1.807, 2.05) is 0 Å². The smallest absolute Gasteiger partial charge is 0.478 e. The number of rotatable bonds is 4. The van der Waals surface area contributed by atoms with Crippen molar-refractivity contribution in [3.05, 3.63) is 35.4 Å². The van der Waals surface area contributed by atoms with Crippen molar-refractivity contribution >= 4 is 24.7 Å². The lowest BCUT2D eigenvalue weighted by Crippen LogP contribution is -2.19. The monoisotopic (exact) mass is 278 g/mol. The van der Waals surface area contributed by atoms with E-state index in [1.165, 1.54) is 12.1 Å². The number of carboxylic acid groups (broad SMARTS) is 1. The van der Waals surface area contributed by atoms with Gasteiger partial charge in [-0.3, -0.25) is 0 Å². The lowest BCUT2D eigenvalue weighted by Gasteiger charge is -2.11. The van der Waals surface area contributed by atoms with Crippen molar-refractivity contribution < 1.29 is 27.8 Å². The molecule has 0 saturated carbocycles. The minimum Gasteiger partial charge on any atom is -0.478 e. The van der Waals surface area contributed by atoms with Crippen molar-refractivity contribution in [1.82, 2.24) is 0 Å². The van der Waals surface area contributed by atoms with Gasteiger partial charge < -0.3 is 9.84 Å². The van der Waals surface area contributed by atoms with Gasteiger partial charge in [0.25, 0.3) is 0 Å². The van der Waals surface area contributed by atoms with Crippen LogP contribution < -0.4 is 4.74 Å². The highest BCUT2D eigenvalue weighted by Gasteiger charge is 2.33. The minimum atomic E-state index is -4.93. The maximum atomic E-state index is 12.1. The molecule has 1 rings (SSSR count). The van der Waals surface area contributed by atoms with Crippen LogP contribution in [0, 0.1) is 0 Å². The van der Waals surface area contributed by atoms with Crippen LogP contribution in [0.3, 0.4) is 0 Å². The maximum Gasteiger partial charge on any atom is 0.573 e. The molecule has 1 aromatic rings. The van der Waals surface area contributed by atoms with Crippen LogP contribution in [0.25, 0.3) is 6.08 Å². The van der Waals surface area contributed by atoms with Crippen LogP contribution in [0.2, 0.25) is 0 Å². The predicted molar refractivity (Wildman–Crippen MR) is 63.0 cm³/mol. The maximum absolute atomic E-state index is 12.1. The Morgan fingerprint density at radius 1 is 1.44 bits per heavy atom. The van der Waals surface area contributed by atoms with Gasteiger partial charge in [0.05, 0.1) is 0 Å². The summed E-state index contributed by atoms with van der Waals surface area (Å²) in [6.45, 7) is 0. The van der Waals surface area contributed by atoms with Gasteiger partial charge in [0.2, 0.25) is 0 Å². The number of aromatic carboxylic acids is 1. The first kappa shape index (κ1) is 14.4. The molecule has 0 saturated heterocycles. The largest absolute Gasteiger partial charge is 0.573 e. The molecule has 0 atom stereocenters. The highest BCUT2D eigenvalue weighted by atomic mass is 32.1. The third-order valence-electron chi connectivity index (χ3n) is 1.88. The fraction of sp³-hybridized carbons (Fsp3) is 0.182. The van der Waals surface area contributed by atoms with Crippen molar-refractivity contribution in [1.29, 1.82) is 0 Å². The van der Waals surface area contributed by atoms with Crippen LogP contribution in [0.1, 0.15) is 15.9 Å². The number of ether oxygens (including phenoxy) is 1. The third-order valence-corrected chi connectivity index (χ3v) is 2.09. The van der Waals surface area contributed by atoms with Crippen molar-refractivity contribution in [2.45, 2.75) is 6.36 Å². The van der Waals surface area contributed by atoms with E-state index in [9.17, 15) is 18.0 Å². The van der Waals surface area contributed by atoms with E-state index in [4.69, 9.17) is 5.11 Å². The van der Waals surface area contributed by atoms with Crippen LogP contribution in [0.5, 0.6) is 5.75 Å². The lowest BCUT2D eigenvalue weighted by molar-refractivity contribution is -0.274. The normalized spacial score (nSPS) is 11.8. The van der Waals surface area contributed by atoms with Crippen molar-refractivity contribution in [3.8, 4) is 5.75 Å². The number of hydrogen-bond donors (Lipinski definition) is 2. The summed E-state index contributed by atoms with van der Waals surface area (Å²) in [7, 11) is 0. The minimum absolute atomic E-state index is 0.397. The molecule has 1 aromatic carbocycles. The van der Waals surface area contributed by atoms with Gasteiger partial charge in [0.15, 0.2) is 0 Å². The van der Waals surface area contributed by atoms with Gasteiger partial charge in [-0.05, 0) is 17.7 Å². The third kappa shape index (κ3) is 4.33. The summed E-state index contributed by atoms with van der Waals surface area (Å²) in [6.07, 6.45) is -1.81. The highest BCUT2D eigenvalue weighted by molar-refractivity contribution is 7.80. The molecule has 18 heavy (non-hydrogen) atoms. The van der Waals surface area contributed by atoms with E-state index in [2.05, 4.69) is 17.4 Å². The van der Waals surface area contributed by atoms with Crippen molar-refractivity contribution in [2.75, 3.05) is 5.75 Å². The Balaban J connectivity index is 3.15. The zero-order valence-electron chi connectivity index (χ0n) is 8.94. The SMILES string of the molecule is O=C(O)c1ccc(C=CCS)cc1OC(F)(F)F. The highest BCUT2D eigenvalue weighted by Crippen LogP contribution is 2.28. The molecule has 0 aliphatic rings. The Kier molecular flexibility index (Phi) is 4.66. The fourth-order valence-corrected chi connectivity index (χ4v) is 1.32. The molecular formula is C11H9F3O3S. The number of carbonyl (C=O) groups is 1. The number of halogens is 3. The zero-order valence-corrected chi connectivity index (χ0v) is 9.83. The number of benzene rings is 1. The number of carboxylic acids is 1. The summed E-state index contributed by atoms with van der Waals surface area (Å²) >= 11 is 3.91. The summed E-state index contributed by atoms with van der Waals surface area (Å²) in [6, 6.07) is 3.45. The van der Waals surface area contributed by atoms with Gasteiger partial charge in [0, 0.05) is 5.75 Å². The lowest BCUT2D eigenvalue weighted by atomic mass is 10.1. The first-order valence-corrected chi connectivity index (χ1v) is 5.37. The van der Waals surface area contributed by atoms with Gasteiger partial charge >= 0.3 is 12.3 Å². The molecule has 3 nitrogen and oxygen atoms in total. The first-order chi connectivity index (χ1) is 8.33. The van der Waals surface area contributed by atoms with Gasteiger partial charge in [-0.1, -0.05) is 18.2 Å². The van der Waals surface area contributed by atoms with Crippen LogP contribution in [-0.4, -0.2) is 23.2 Å². The van der Waals surface area contributed by atoms with Crippen molar-refractivity contribution in [3.63, 3.8) is 0 Å². The standard InChI is InChI=1S/C11H9F3O3S/c12-11(13,14)17-9-6-7(2-1-5-18)3-4-8(9)10(15)16/h1-4,6,18H,5H2,(H,15,16). The Morgan fingerprint density at radius 3 is 2.61 bits per heavy atom. The Morgan fingerprint density at radius 2 is 2.11 bits per heavy atom. The Bertz CT molecular complexity index is 469. The second-order valence-corrected chi connectivity index (χ2v) is 3.56. The number of thiol groups is 1. The van der Waals surface area contributed by atoms with E-state index < -0.39 is 23.6 Å². The van der Waals surface area contributed by atoms with Crippen LogP contribution in [0.4, 0.5) is 13.2 Å². The van der Waals surface area contributed by atoms with E-state index in [0.717, 1.165) is 12.1 Å². The average molecular weight is 278 g/mol. The Hall–Kier alpha value is -1.63. The molecule has 98 valence electrons. The molecule has 0 unspecified atom stereocenters. The summed E-state index contributed by atoms with van der Waals surface area (Å²) in [5.41, 5.74) is -0.149. The average Bonchev–Trinajstić information content (AvgIpc) is 2.23. The van der Waals surface area contributed by atoms with Crippen LogP contribution >= 0.6 is 12.6 Å². The van der Waals surface area contributed by atoms with Gasteiger partial charge in [-0.25, -0.2) is 4.79 Å². The second kappa shape index (κ2) is 5.81. The Labute approximate surface area is 106 Å². The zero-order chi connectivity index (χ0) is 13.8. The van der Waals surface area contributed by atoms with Crippen LogP contribution in [-0.2, 0) is 0 Å². The molecule has 7 heteroatoms. The van der Waals surface area contributed by atoms with E-state index in [1.54, 1.807) is 6.08 Å².